The van der Waals surface area contributed by atoms with Crippen molar-refractivity contribution in [3.8, 4) is 0 Å². The number of halogens is 2. The Labute approximate surface area is 163 Å². The summed E-state index contributed by atoms with van der Waals surface area (Å²) in [5.41, 5.74) is 0.383. The van der Waals surface area contributed by atoms with Gasteiger partial charge < -0.3 is 10.2 Å². The predicted molar refractivity (Wildman–Crippen MR) is 103 cm³/mol. The van der Waals surface area contributed by atoms with Crippen molar-refractivity contribution < 1.29 is 9.18 Å². The molecule has 0 unspecified atom stereocenters. The van der Waals surface area contributed by atoms with Crippen LogP contribution in [0.1, 0.15) is 24.4 Å². The summed E-state index contributed by atoms with van der Waals surface area (Å²) in [4.78, 5) is 16.7. The second kappa shape index (κ2) is 8.63. The molecule has 144 valence electrons. The minimum absolute atomic E-state index is 0.0447. The van der Waals surface area contributed by atoms with E-state index in [1.54, 1.807) is 43.3 Å². The first-order valence-electron chi connectivity index (χ1n) is 8.91. The zero-order valence-electron chi connectivity index (χ0n) is 15.4. The summed E-state index contributed by atoms with van der Waals surface area (Å²) in [7, 11) is 3.55. The van der Waals surface area contributed by atoms with Gasteiger partial charge >= 0.3 is 0 Å². The number of rotatable bonds is 5. The van der Waals surface area contributed by atoms with Crippen LogP contribution in [0.5, 0.6) is 0 Å². The Morgan fingerprint density at radius 2 is 1.93 bits per heavy atom. The predicted octanol–water partition coefficient (Wildman–Crippen LogP) is 2.66. The molecule has 27 heavy (non-hydrogen) atoms. The van der Waals surface area contributed by atoms with Crippen molar-refractivity contribution >= 4 is 23.3 Å². The van der Waals surface area contributed by atoms with Crippen molar-refractivity contribution in [1.82, 2.24) is 20.4 Å². The molecule has 1 aromatic heterocycles. The lowest BCUT2D eigenvalue weighted by atomic mass is 10.0. The van der Waals surface area contributed by atoms with Crippen LogP contribution in [0.4, 0.5) is 10.2 Å². The lowest BCUT2D eigenvalue weighted by Crippen LogP contribution is -2.48. The summed E-state index contributed by atoms with van der Waals surface area (Å²) in [5.74, 6) is 0.221. The summed E-state index contributed by atoms with van der Waals surface area (Å²) in [6.45, 7) is 1.52. The van der Waals surface area contributed by atoms with E-state index in [0.717, 1.165) is 31.7 Å². The summed E-state index contributed by atoms with van der Waals surface area (Å²) >= 11 is 5.78. The maximum absolute atomic E-state index is 14.2. The van der Waals surface area contributed by atoms with Gasteiger partial charge in [-0.1, -0.05) is 29.8 Å². The Morgan fingerprint density at radius 3 is 2.52 bits per heavy atom. The van der Waals surface area contributed by atoms with Gasteiger partial charge in [0.1, 0.15) is 11.9 Å². The summed E-state index contributed by atoms with van der Waals surface area (Å²) in [5, 5.41) is 11.4. The number of benzene rings is 1. The number of hydrogen-bond acceptors (Lipinski definition) is 5. The van der Waals surface area contributed by atoms with Crippen LogP contribution in [0.25, 0.3) is 0 Å². The normalized spacial score (nSPS) is 16.4. The lowest BCUT2D eigenvalue weighted by molar-refractivity contribution is -0.126. The fraction of sp³-hybridized carbons (Fsp3) is 0.421. The first kappa shape index (κ1) is 19.5. The van der Waals surface area contributed by atoms with E-state index < -0.39 is 6.04 Å². The molecule has 1 amide bonds. The minimum atomic E-state index is -0.661. The van der Waals surface area contributed by atoms with Gasteiger partial charge in [-0.2, -0.15) is 0 Å². The zero-order chi connectivity index (χ0) is 19.4. The van der Waals surface area contributed by atoms with Crippen molar-refractivity contribution in [3.05, 3.63) is 52.9 Å². The summed E-state index contributed by atoms with van der Waals surface area (Å²) in [6.07, 6.45) is 1.57. The zero-order valence-corrected chi connectivity index (χ0v) is 16.2. The highest BCUT2D eigenvalue weighted by Gasteiger charge is 2.29. The number of amides is 1. The summed E-state index contributed by atoms with van der Waals surface area (Å²) < 4.78 is 14.2. The first-order chi connectivity index (χ1) is 13.0. The smallest absolute Gasteiger partial charge is 0.242 e. The van der Waals surface area contributed by atoms with Crippen molar-refractivity contribution in [3.63, 3.8) is 0 Å². The molecule has 8 heteroatoms. The number of nitrogens with one attached hydrogen (secondary N) is 1. The van der Waals surface area contributed by atoms with Crippen LogP contribution < -0.4 is 10.2 Å². The Hall–Kier alpha value is -2.25. The number of carbonyl (C=O) groups excluding carboxylic acids is 1. The Balaban J connectivity index is 1.61. The fourth-order valence-corrected chi connectivity index (χ4v) is 3.46. The monoisotopic (exact) mass is 391 g/mol. The highest BCUT2D eigenvalue weighted by molar-refractivity contribution is 6.29. The molecule has 0 saturated carbocycles. The molecule has 1 aliphatic rings. The summed E-state index contributed by atoms with van der Waals surface area (Å²) in [6, 6.07) is 9.34. The molecule has 3 rings (SSSR count). The molecule has 1 atom stereocenters. The highest BCUT2D eigenvalue weighted by Crippen LogP contribution is 2.23. The van der Waals surface area contributed by atoms with E-state index in [0.29, 0.717) is 10.7 Å². The SMILES string of the molecule is CN(C)[C@H](C(=O)NC1CCN(c2ccc(Cl)nn2)CC1)c1ccccc1F. The van der Waals surface area contributed by atoms with E-state index >= 15 is 0 Å². The van der Waals surface area contributed by atoms with Crippen LogP contribution in [0.2, 0.25) is 5.15 Å². The molecule has 0 spiro atoms. The number of anilines is 1. The maximum atomic E-state index is 14.2. The van der Waals surface area contributed by atoms with Crippen LogP contribution in [0, 0.1) is 5.82 Å². The van der Waals surface area contributed by atoms with Crippen LogP contribution in [-0.2, 0) is 4.79 Å². The molecule has 0 bridgehead atoms. The lowest BCUT2D eigenvalue weighted by Gasteiger charge is -2.34. The van der Waals surface area contributed by atoms with Crippen molar-refractivity contribution in [1.29, 1.82) is 0 Å². The molecule has 1 fully saturated rings. The first-order valence-corrected chi connectivity index (χ1v) is 9.29. The molecule has 0 radical (unpaired) electrons. The molecule has 2 aromatic rings. The van der Waals surface area contributed by atoms with Gasteiger partial charge in [0, 0.05) is 24.7 Å². The van der Waals surface area contributed by atoms with Crippen LogP contribution in [0.15, 0.2) is 36.4 Å². The molecule has 1 saturated heterocycles. The van der Waals surface area contributed by atoms with Gasteiger partial charge in [0.25, 0.3) is 0 Å². The number of hydrogen-bond donors (Lipinski definition) is 1. The standard InChI is InChI=1S/C19H23ClFN5O/c1-25(2)18(14-5-3-4-6-15(14)21)19(27)22-13-9-11-26(12-10-13)17-8-7-16(20)23-24-17/h3-8,13,18H,9-12H2,1-2H3,(H,22,27)/t18-/m0/s1. The molecular formula is C19H23ClFN5O. The van der Waals surface area contributed by atoms with Crippen LogP contribution >= 0.6 is 11.6 Å². The molecule has 1 aromatic carbocycles. The Kier molecular flexibility index (Phi) is 6.23. The van der Waals surface area contributed by atoms with E-state index in [-0.39, 0.29) is 17.8 Å². The van der Waals surface area contributed by atoms with Crippen LogP contribution in [0.3, 0.4) is 0 Å². The van der Waals surface area contributed by atoms with Gasteiger partial charge in [-0.05, 0) is 45.1 Å². The third-order valence-electron chi connectivity index (χ3n) is 4.75. The largest absolute Gasteiger partial charge is 0.355 e. The van der Waals surface area contributed by atoms with Crippen molar-refractivity contribution in [2.45, 2.75) is 24.9 Å². The van der Waals surface area contributed by atoms with E-state index in [9.17, 15) is 9.18 Å². The van der Waals surface area contributed by atoms with E-state index in [1.165, 1.54) is 6.07 Å². The van der Waals surface area contributed by atoms with E-state index in [1.807, 2.05) is 6.07 Å². The number of carbonyl (C=O) groups is 1. The quantitative estimate of drug-likeness (QED) is 0.849. The minimum Gasteiger partial charge on any atom is -0.355 e. The van der Waals surface area contributed by atoms with E-state index in [4.69, 9.17) is 11.6 Å². The average Bonchev–Trinajstić information content (AvgIpc) is 2.65. The molecule has 1 N–H and O–H groups in total. The van der Waals surface area contributed by atoms with Gasteiger partial charge in [-0.15, -0.1) is 10.2 Å². The van der Waals surface area contributed by atoms with E-state index in [2.05, 4.69) is 20.4 Å². The van der Waals surface area contributed by atoms with Gasteiger partial charge in [-0.25, -0.2) is 4.39 Å². The van der Waals surface area contributed by atoms with Gasteiger partial charge in [-0.3, -0.25) is 9.69 Å². The third kappa shape index (κ3) is 4.73. The van der Waals surface area contributed by atoms with Crippen molar-refractivity contribution in [2.24, 2.45) is 0 Å². The number of likely N-dealkylation sites (N-methyl/N-ethyl adjacent to an activating group) is 1. The molecule has 6 nitrogen and oxygen atoms in total. The maximum Gasteiger partial charge on any atom is 0.242 e. The molecule has 1 aliphatic heterocycles. The van der Waals surface area contributed by atoms with Crippen LogP contribution in [-0.4, -0.2) is 54.2 Å². The van der Waals surface area contributed by atoms with Gasteiger partial charge in [0.05, 0.1) is 0 Å². The number of nitrogens with zero attached hydrogens (tertiary/aromatic N) is 4. The molecule has 2 heterocycles. The molecular weight excluding hydrogens is 369 g/mol. The van der Waals surface area contributed by atoms with Gasteiger partial charge in [0.2, 0.25) is 5.91 Å². The number of piperidine rings is 1. The number of aromatic nitrogens is 2. The Morgan fingerprint density at radius 1 is 1.22 bits per heavy atom. The second-order valence-electron chi connectivity index (χ2n) is 6.87. The average molecular weight is 392 g/mol. The third-order valence-corrected chi connectivity index (χ3v) is 4.95. The van der Waals surface area contributed by atoms with Gasteiger partial charge in [0.15, 0.2) is 11.0 Å². The Bertz CT molecular complexity index is 778. The molecule has 0 aliphatic carbocycles. The topological polar surface area (TPSA) is 61.4 Å². The van der Waals surface area contributed by atoms with Crippen molar-refractivity contribution in [2.75, 3.05) is 32.1 Å². The fourth-order valence-electron chi connectivity index (χ4n) is 3.36. The highest BCUT2D eigenvalue weighted by atomic mass is 35.5. The second-order valence-corrected chi connectivity index (χ2v) is 7.26.